The van der Waals surface area contributed by atoms with Gasteiger partial charge in [0, 0.05) is 17.2 Å². The lowest BCUT2D eigenvalue weighted by Crippen LogP contribution is -1.97. The third kappa shape index (κ3) is 2.61. The maximum Gasteiger partial charge on any atom is 0.278 e. The van der Waals surface area contributed by atoms with Crippen molar-refractivity contribution in [3.05, 3.63) is 99.6 Å². The zero-order chi connectivity index (χ0) is 17.2. The van der Waals surface area contributed by atoms with E-state index in [1.807, 2.05) is 36.4 Å². The van der Waals surface area contributed by atoms with Crippen LogP contribution in [0.5, 0.6) is 0 Å². The fourth-order valence-corrected chi connectivity index (χ4v) is 3.01. The average Bonchev–Trinajstić information content (AvgIpc) is 2.96. The van der Waals surface area contributed by atoms with Crippen molar-refractivity contribution in [1.82, 2.24) is 0 Å². The molecule has 1 aliphatic rings. The van der Waals surface area contributed by atoms with Crippen molar-refractivity contribution in [2.45, 2.75) is 0 Å². The first-order chi connectivity index (χ1) is 12.3. The molecule has 1 aliphatic carbocycles. The summed E-state index contributed by atoms with van der Waals surface area (Å²) in [6.07, 6.45) is 1.43. The number of para-hydroxylation sites is 1. The quantitative estimate of drug-likeness (QED) is 0.317. The highest BCUT2D eigenvalue weighted by atomic mass is 16.6. The fourth-order valence-electron chi connectivity index (χ4n) is 3.01. The van der Waals surface area contributed by atoms with E-state index in [4.69, 9.17) is 0 Å². The summed E-state index contributed by atoms with van der Waals surface area (Å²) in [5.41, 5.74) is 5.50. The number of hydrogen-bond acceptors (Lipinski definition) is 4. The summed E-state index contributed by atoms with van der Waals surface area (Å²) in [5.74, 6) is 0. The predicted molar refractivity (Wildman–Crippen MR) is 98.2 cm³/mol. The highest BCUT2D eigenvalue weighted by Crippen LogP contribution is 2.36. The van der Waals surface area contributed by atoms with Gasteiger partial charge in [-0.2, -0.15) is 5.10 Å². The second kappa shape index (κ2) is 6.13. The second-order valence-corrected chi connectivity index (χ2v) is 5.60. The minimum Gasteiger partial charge on any atom is -0.258 e. The molecule has 0 atom stereocenters. The van der Waals surface area contributed by atoms with E-state index in [0.29, 0.717) is 5.56 Å². The van der Waals surface area contributed by atoms with Crippen LogP contribution in [0.4, 0.5) is 5.69 Å². The van der Waals surface area contributed by atoms with Crippen LogP contribution in [-0.2, 0) is 0 Å². The molecular formula is C20H13N3O2. The minimum absolute atomic E-state index is 0.0127. The normalized spacial score (nSPS) is 12.1. The largest absolute Gasteiger partial charge is 0.278 e. The molecule has 0 aromatic heterocycles. The molecule has 3 aromatic rings. The SMILES string of the molecule is O=[N+]([O-])c1ccccc1/C=N/N=C1c2ccccc2-c2ccccc21. The van der Waals surface area contributed by atoms with Crippen LogP contribution in [-0.4, -0.2) is 16.8 Å². The topological polar surface area (TPSA) is 67.9 Å². The van der Waals surface area contributed by atoms with E-state index in [1.54, 1.807) is 18.2 Å². The van der Waals surface area contributed by atoms with Crippen molar-refractivity contribution in [1.29, 1.82) is 0 Å². The van der Waals surface area contributed by atoms with Crippen molar-refractivity contribution in [3.8, 4) is 11.1 Å². The Morgan fingerprint density at radius 3 is 1.88 bits per heavy atom. The molecular weight excluding hydrogens is 314 g/mol. The lowest BCUT2D eigenvalue weighted by Gasteiger charge is -1.98. The van der Waals surface area contributed by atoms with Gasteiger partial charge >= 0.3 is 0 Å². The number of nitrogens with zero attached hydrogens (tertiary/aromatic N) is 3. The third-order valence-electron chi connectivity index (χ3n) is 4.14. The molecule has 0 aliphatic heterocycles. The molecule has 0 N–H and O–H groups in total. The van der Waals surface area contributed by atoms with Gasteiger partial charge in [-0.3, -0.25) is 10.1 Å². The van der Waals surface area contributed by atoms with Gasteiger partial charge in [0.2, 0.25) is 0 Å². The fraction of sp³-hybridized carbons (Fsp3) is 0. The molecule has 0 saturated carbocycles. The lowest BCUT2D eigenvalue weighted by molar-refractivity contribution is -0.385. The lowest BCUT2D eigenvalue weighted by atomic mass is 10.1. The molecule has 0 bridgehead atoms. The van der Waals surface area contributed by atoms with Crippen LogP contribution < -0.4 is 0 Å². The summed E-state index contributed by atoms with van der Waals surface area (Å²) < 4.78 is 0. The summed E-state index contributed by atoms with van der Waals surface area (Å²) in [6.45, 7) is 0. The van der Waals surface area contributed by atoms with E-state index in [0.717, 1.165) is 28.0 Å². The molecule has 0 spiro atoms. The van der Waals surface area contributed by atoms with Crippen LogP contribution in [0.15, 0.2) is 83.0 Å². The molecule has 0 heterocycles. The molecule has 5 nitrogen and oxygen atoms in total. The van der Waals surface area contributed by atoms with Crippen LogP contribution in [0.3, 0.4) is 0 Å². The van der Waals surface area contributed by atoms with Gasteiger partial charge in [-0.05, 0) is 17.2 Å². The summed E-state index contributed by atoms with van der Waals surface area (Å²) in [5, 5.41) is 19.6. The highest BCUT2D eigenvalue weighted by Gasteiger charge is 2.23. The molecule has 0 saturated heterocycles. The Labute approximate surface area is 144 Å². The monoisotopic (exact) mass is 327 g/mol. The van der Waals surface area contributed by atoms with Crippen LogP contribution in [0.2, 0.25) is 0 Å². The number of benzene rings is 3. The second-order valence-electron chi connectivity index (χ2n) is 5.60. The van der Waals surface area contributed by atoms with E-state index >= 15 is 0 Å². The number of nitro groups is 1. The molecule has 0 unspecified atom stereocenters. The molecule has 3 aromatic carbocycles. The van der Waals surface area contributed by atoms with Gasteiger partial charge in [-0.25, -0.2) is 0 Å². The highest BCUT2D eigenvalue weighted by molar-refractivity contribution is 6.24. The van der Waals surface area contributed by atoms with Gasteiger partial charge < -0.3 is 0 Å². The van der Waals surface area contributed by atoms with Gasteiger partial charge in [-0.15, -0.1) is 5.10 Å². The Kier molecular flexibility index (Phi) is 3.67. The zero-order valence-corrected chi connectivity index (χ0v) is 13.2. The Morgan fingerprint density at radius 2 is 1.28 bits per heavy atom. The molecule has 5 heteroatoms. The van der Waals surface area contributed by atoms with Crippen molar-refractivity contribution in [2.75, 3.05) is 0 Å². The third-order valence-corrected chi connectivity index (χ3v) is 4.14. The zero-order valence-electron chi connectivity index (χ0n) is 13.2. The Bertz CT molecular complexity index is 991. The Hall–Kier alpha value is -3.60. The number of rotatable bonds is 3. The molecule has 0 fully saturated rings. The summed E-state index contributed by atoms with van der Waals surface area (Å²) >= 11 is 0. The van der Waals surface area contributed by atoms with E-state index < -0.39 is 4.92 Å². The van der Waals surface area contributed by atoms with Crippen LogP contribution >= 0.6 is 0 Å². The van der Waals surface area contributed by atoms with Gasteiger partial charge in [-0.1, -0.05) is 60.7 Å². The van der Waals surface area contributed by atoms with E-state index in [-0.39, 0.29) is 5.69 Å². The summed E-state index contributed by atoms with van der Waals surface area (Å²) in [4.78, 5) is 10.7. The van der Waals surface area contributed by atoms with Gasteiger partial charge in [0.25, 0.3) is 5.69 Å². The number of nitro benzene ring substituents is 1. The summed E-state index contributed by atoms with van der Waals surface area (Å²) in [7, 11) is 0. The van der Waals surface area contributed by atoms with E-state index in [2.05, 4.69) is 22.3 Å². The Balaban J connectivity index is 1.77. The van der Waals surface area contributed by atoms with Crippen LogP contribution in [0.25, 0.3) is 11.1 Å². The molecule has 25 heavy (non-hydrogen) atoms. The Morgan fingerprint density at radius 1 is 0.760 bits per heavy atom. The van der Waals surface area contributed by atoms with Crippen LogP contribution in [0.1, 0.15) is 16.7 Å². The van der Waals surface area contributed by atoms with Gasteiger partial charge in [0.15, 0.2) is 0 Å². The summed E-state index contributed by atoms with van der Waals surface area (Å²) in [6, 6.07) is 22.5. The molecule has 0 radical (unpaired) electrons. The van der Waals surface area contributed by atoms with E-state index in [1.165, 1.54) is 12.3 Å². The maximum atomic E-state index is 11.1. The van der Waals surface area contributed by atoms with Crippen molar-refractivity contribution in [3.63, 3.8) is 0 Å². The smallest absolute Gasteiger partial charge is 0.258 e. The molecule has 120 valence electrons. The number of fused-ring (bicyclic) bond motifs is 3. The first-order valence-electron chi connectivity index (χ1n) is 7.79. The first kappa shape index (κ1) is 15.0. The first-order valence-corrected chi connectivity index (χ1v) is 7.79. The molecule has 4 rings (SSSR count). The minimum atomic E-state index is -0.422. The molecule has 0 amide bonds. The van der Waals surface area contributed by atoms with Gasteiger partial charge in [0.1, 0.15) is 5.71 Å². The van der Waals surface area contributed by atoms with E-state index in [9.17, 15) is 10.1 Å². The number of hydrogen-bond donors (Lipinski definition) is 0. The maximum absolute atomic E-state index is 11.1. The van der Waals surface area contributed by atoms with Crippen LogP contribution in [0, 0.1) is 10.1 Å². The van der Waals surface area contributed by atoms with Crippen molar-refractivity contribution < 1.29 is 4.92 Å². The van der Waals surface area contributed by atoms with Gasteiger partial charge in [0.05, 0.1) is 16.7 Å². The van der Waals surface area contributed by atoms with Crippen molar-refractivity contribution in [2.24, 2.45) is 10.2 Å². The standard InChI is InChI=1S/C20H13N3O2/c24-23(25)19-12-6-1-7-14(19)13-21-22-20-17-10-4-2-8-15(17)16-9-3-5-11-18(16)20/h1-13H/b21-13+. The predicted octanol–water partition coefficient (Wildman–Crippen LogP) is 4.45. The van der Waals surface area contributed by atoms with Crippen molar-refractivity contribution >= 4 is 17.6 Å². The average molecular weight is 327 g/mol.